The lowest BCUT2D eigenvalue weighted by Gasteiger charge is -2.21. The number of alkyl carbamates (subject to hydrolysis) is 1. The Hall–Kier alpha value is -0.910. The molecule has 1 atom stereocenters. The number of hydrogen-bond acceptors (Lipinski definition) is 5. The molecule has 0 bridgehead atoms. The predicted molar refractivity (Wildman–Crippen MR) is 72.9 cm³/mol. The zero-order valence-electron chi connectivity index (χ0n) is 11.7. The molecule has 2 fully saturated rings. The summed E-state index contributed by atoms with van der Waals surface area (Å²) in [6, 6.07) is 0. The van der Waals surface area contributed by atoms with Crippen molar-refractivity contribution in [3.8, 4) is 0 Å². The average molecular weight is 287 g/mol. The van der Waals surface area contributed by atoms with Gasteiger partial charge in [-0.2, -0.15) is 0 Å². The Labute approximate surface area is 117 Å². The van der Waals surface area contributed by atoms with Crippen LogP contribution >= 0.6 is 11.8 Å². The van der Waals surface area contributed by atoms with Gasteiger partial charge in [0.2, 0.25) is 0 Å². The summed E-state index contributed by atoms with van der Waals surface area (Å²) in [5.41, 5.74) is -0.528. The Kier molecular flexibility index (Phi) is 3.99. The first-order chi connectivity index (χ1) is 8.80. The molecule has 1 spiro atoms. The molecule has 19 heavy (non-hydrogen) atoms. The van der Waals surface area contributed by atoms with E-state index in [2.05, 4.69) is 5.32 Å². The molecule has 1 heterocycles. The zero-order chi connectivity index (χ0) is 14.1. The normalized spacial score (nSPS) is 25.4. The van der Waals surface area contributed by atoms with Crippen LogP contribution in [0.3, 0.4) is 0 Å². The first-order valence-electron chi connectivity index (χ1n) is 6.67. The van der Waals surface area contributed by atoms with Crippen molar-refractivity contribution in [2.45, 2.75) is 62.2 Å². The molecular weight excluding hydrogens is 266 g/mol. The number of esters is 1. The average Bonchev–Trinajstić information content (AvgIpc) is 2.82. The summed E-state index contributed by atoms with van der Waals surface area (Å²) >= 11 is 1.55. The summed E-state index contributed by atoms with van der Waals surface area (Å²) in [7, 11) is 0. The first-order valence-corrected chi connectivity index (χ1v) is 7.55. The Balaban J connectivity index is 1.80. The second-order valence-corrected chi connectivity index (χ2v) is 7.58. The van der Waals surface area contributed by atoms with Crippen molar-refractivity contribution >= 4 is 23.8 Å². The fourth-order valence-electron chi connectivity index (χ4n) is 2.33. The monoisotopic (exact) mass is 287 g/mol. The molecule has 2 aliphatic rings. The van der Waals surface area contributed by atoms with Crippen LogP contribution in [-0.4, -0.2) is 34.4 Å². The second-order valence-electron chi connectivity index (χ2n) is 6.03. The number of nitrogens with one attached hydrogen (secondary N) is 1. The molecule has 0 radical (unpaired) electrons. The molecule has 1 aliphatic heterocycles. The molecule has 1 saturated carbocycles. The van der Waals surface area contributed by atoms with Crippen molar-refractivity contribution < 1.29 is 19.1 Å². The Morgan fingerprint density at radius 1 is 1.47 bits per heavy atom. The lowest BCUT2D eigenvalue weighted by molar-refractivity contribution is -0.147. The fourth-order valence-corrected chi connectivity index (χ4v) is 3.81. The lowest BCUT2D eigenvalue weighted by Crippen LogP contribution is -2.37. The zero-order valence-corrected chi connectivity index (χ0v) is 12.5. The summed E-state index contributed by atoms with van der Waals surface area (Å²) in [6.07, 6.45) is 3.56. The van der Waals surface area contributed by atoms with E-state index < -0.39 is 11.7 Å². The van der Waals surface area contributed by atoms with Crippen LogP contribution in [0.5, 0.6) is 0 Å². The first kappa shape index (κ1) is 14.5. The van der Waals surface area contributed by atoms with Crippen LogP contribution in [0, 0.1) is 0 Å². The van der Waals surface area contributed by atoms with Gasteiger partial charge in [0, 0.05) is 6.54 Å². The number of ether oxygens (including phenoxy) is 2. The van der Waals surface area contributed by atoms with E-state index in [4.69, 9.17) is 9.47 Å². The fraction of sp³-hybridized carbons (Fsp3) is 0.846. The lowest BCUT2D eigenvalue weighted by atomic mass is 10.2. The van der Waals surface area contributed by atoms with Crippen molar-refractivity contribution in [2.75, 3.05) is 6.54 Å². The molecule has 1 N–H and O–H groups in total. The van der Waals surface area contributed by atoms with E-state index in [0.29, 0.717) is 0 Å². The molecule has 1 aliphatic carbocycles. The van der Waals surface area contributed by atoms with E-state index in [1.165, 1.54) is 0 Å². The molecule has 0 aromatic rings. The minimum Gasteiger partial charge on any atom is -0.447 e. The quantitative estimate of drug-likeness (QED) is 0.790. The van der Waals surface area contributed by atoms with Gasteiger partial charge >= 0.3 is 12.1 Å². The standard InChI is InChI=1S/C13H21NO4S/c1-12(2,3)18-11(16)14-8-9-10(15)17-13(19-9)6-4-5-7-13/h9H,4-8H2,1-3H3,(H,14,16). The molecule has 6 heteroatoms. The number of hydrogen-bond donors (Lipinski definition) is 1. The van der Waals surface area contributed by atoms with Gasteiger partial charge in [-0.05, 0) is 46.5 Å². The van der Waals surface area contributed by atoms with Crippen LogP contribution in [0.2, 0.25) is 0 Å². The number of amides is 1. The summed E-state index contributed by atoms with van der Waals surface area (Å²) in [4.78, 5) is 23.0. The number of rotatable bonds is 2. The Morgan fingerprint density at radius 3 is 2.68 bits per heavy atom. The Bertz CT molecular complexity index is 371. The molecule has 1 unspecified atom stereocenters. The second kappa shape index (κ2) is 5.23. The minimum absolute atomic E-state index is 0.219. The molecule has 1 saturated heterocycles. The highest BCUT2D eigenvalue weighted by atomic mass is 32.2. The molecule has 0 aromatic carbocycles. The number of carbonyl (C=O) groups excluding carboxylic acids is 2. The molecule has 5 nitrogen and oxygen atoms in total. The van der Waals surface area contributed by atoms with Crippen LogP contribution in [0.1, 0.15) is 46.5 Å². The highest BCUT2D eigenvalue weighted by Crippen LogP contribution is 2.49. The van der Waals surface area contributed by atoms with Gasteiger partial charge in [-0.3, -0.25) is 4.79 Å². The SMILES string of the molecule is CC(C)(C)OC(=O)NCC1SC2(CCCC2)OC1=O. The van der Waals surface area contributed by atoms with Gasteiger partial charge in [0.25, 0.3) is 0 Å². The van der Waals surface area contributed by atoms with Gasteiger partial charge in [0.05, 0.1) is 0 Å². The summed E-state index contributed by atoms with van der Waals surface area (Å²) in [6.45, 7) is 5.68. The van der Waals surface area contributed by atoms with Gasteiger partial charge in [-0.25, -0.2) is 4.79 Å². The minimum atomic E-state index is -0.528. The van der Waals surface area contributed by atoms with Crippen LogP contribution in [0.4, 0.5) is 4.79 Å². The van der Waals surface area contributed by atoms with E-state index in [9.17, 15) is 9.59 Å². The van der Waals surface area contributed by atoms with E-state index in [-0.39, 0.29) is 22.7 Å². The summed E-state index contributed by atoms with van der Waals surface area (Å²) < 4.78 is 10.6. The molecule has 0 aromatic heterocycles. The van der Waals surface area contributed by atoms with Crippen molar-refractivity contribution in [3.05, 3.63) is 0 Å². The van der Waals surface area contributed by atoms with Gasteiger partial charge < -0.3 is 14.8 Å². The van der Waals surface area contributed by atoms with Crippen molar-refractivity contribution in [1.82, 2.24) is 5.32 Å². The van der Waals surface area contributed by atoms with Crippen molar-refractivity contribution in [1.29, 1.82) is 0 Å². The van der Waals surface area contributed by atoms with Gasteiger partial charge in [0.15, 0.2) is 4.93 Å². The highest BCUT2D eigenvalue weighted by molar-refractivity contribution is 8.02. The van der Waals surface area contributed by atoms with Crippen LogP contribution in [0.15, 0.2) is 0 Å². The third-order valence-corrected chi connectivity index (χ3v) is 4.67. The number of thioether (sulfide) groups is 1. The maximum atomic E-state index is 11.8. The van der Waals surface area contributed by atoms with Crippen LogP contribution in [-0.2, 0) is 14.3 Å². The van der Waals surface area contributed by atoms with Crippen molar-refractivity contribution in [3.63, 3.8) is 0 Å². The molecule has 1 amide bonds. The van der Waals surface area contributed by atoms with Gasteiger partial charge in [0.1, 0.15) is 10.9 Å². The Morgan fingerprint density at radius 2 is 2.11 bits per heavy atom. The van der Waals surface area contributed by atoms with Crippen molar-refractivity contribution in [2.24, 2.45) is 0 Å². The summed E-state index contributed by atoms with van der Waals surface area (Å²) in [5.74, 6) is -0.219. The third-order valence-electron chi connectivity index (χ3n) is 3.10. The molecular formula is C13H21NO4S. The van der Waals surface area contributed by atoms with Gasteiger partial charge in [-0.15, -0.1) is 0 Å². The highest BCUT2D eigenvalue weighted by Gasteiger charge is 2.49. The summed E-state index contributed by atoms with van der Waals surface area (Å²) in [5, 5.41) is 2.32. The smallest absolute Gasteiger partial charge is 0.407 e. The maximum absolute atomic E-state index is 11.8. The molecule has 108 valence electrons. The maximum Gasteiger partial charge on any atom is 0.407 e. The molecule has 2 rings (SSSR count). The van der Waals surface area contributed by atoms with E-state index in [0.717, 1.165) is 25.7 Å². The largest absolute Gasteiger partial charge is 0.447 e. The van der Waals surface area contributed by atoms with Gasteiger partial charge in [-0.1, -0.05) is 11.8 Å². The van der Waals surface area contributed by atoms with Crippen LogP contribution < -0.4 is 5.32 Å². The van der Waals surface area contributed by atoms with E-state index in [1.54, 1.807) is 32.5 Å². The topological polar surface area (TPSA) is 64.6 Å². The van der Waals surface area contributed by atoms with E-state index >= 15 is 0 Å². The third kappa shape index (κ3) is 3.78. The van der Waals surface area contributed by atoms with Crippen LogP contribution in [0.25, 0.3) is 0 Å². The van der Waals surface area contributed by atoms with E-state index in [1.807, 2.05) is 0 Å². The number of carbonyl (C=O) groups is 2. The predicted octanol–water partition coefficient (Wildman–Crippen LogP) is 2.44.